The molecule has 15 heavy (non-hydrogen) atoms. The molecule has 0 fully saturated rings. The summed E-state index contributed by atoms with van der Waals surface area (Å²) in [6.45, 7) is 3.20. The fraction of sp³-hybridized carbons (Fsp3) is 0. The Kier molecular flexibility index (Phi) is 3.59. The van der Waals surface area contributed by atoms with Gasteiger partial charge in [0.15, 0.2) is 0 Å². The third kappa shape index (κ3) is 2.65. The van der Waals surface area contributed by atoms with Gasteiger partial charge in [0.1, 0.15) is 5.82 Å². The number of halogens is 1. The minimum Gasteiger partial charge on any atom is -0.423 e. The number of carbonyl (C=O) groups is 1. The molecule has 0 saturated carbocycles. The van der Waals surface area contributed by atoms with Crippen molar-refractivity contribution in [2.75, 3.05) is 5.32 Å². The Labute approximate surface area is 86.2 Å². The minimum atomic E-state index is -1.85. The maximum Gasteiger partial charge on any atom is 0.490 e. The number of rotatable bonds is 3. The highest BCUT2D eigenvalue weighted by Gasteiger charge is 2.19. The molecule has 0 bridgehead atoms. The van der Waals surface area contributed by atoms with Gasteiger partial charge in [0, 0.05) is 5.46 Å². The fourth-order valence-electron chi connectivity index (χ4n) is 1.06. The van der Waals surface area contributed by atoms with Crippen LogP contribution in [-0.4, -0.2) is 23.1 Å². The zero-order valence-corrected chi connectivity index (χ0v) is 7.77. The smallest absolute Gasteiger partial charge is 0.423 e. The van der Waals surface area contributed by atoms with Gasteiger partial charge in [-0.05, 0) is 12.1 Å². The van der Waals surface area contributed by atoms with Crippen LogP contribution in [0.25, 0.3) is 0 Å². The monoisotopic (exact) mass is 209 g/mol. The third-order valence-electron chi connectivity index (χ3n) is 1.76. The number of hydrogen-bond acceptors (Lipinski definition) is 3. The molecule has 0 saturated heterocycles. The van der Waals surface area contributed by atoms with Gasteiger partial charge in [-0.3, -0.25) is 4.79 Å². The van der Waals surface area contributed by atoms with Crippen molar-refractivity contribution in [3.05, 3.63) is 36.7 Å². The van der Waals surface area contributed by atoms with E-state index in [1.165, 1.54) is 12.1 Å². The first kappa shape index (κ1) is 11.4. The first-order valence-electron chi connectivity index (χ1n) is 4.14. The average molecular weight is 209 g/mol. The van der Waals surface area contributed by atoms with Gasteiger partial charge in [0.2, 0.25) is 5.91 Å². The van der Waals surface area contributed by atoms with E-state index in [-0.39, 0.29) is 11.2 Å². The van der Waals surface area contributed by atoms with Crippen molar-refractivity contribution in [1.82, 2.24) is 0 Å². The van der Waals surface area contributed by atoms with E-state index in [1.54, 1.807) is 0 Å². The van der Waals surface area contributed by atoms with E-state index in [4.69, 9.17) is 10.0 Å². The van der Waals surface area contributed by atoms with Gasteiger partial charge < -0.3 is 15.4 Å². The second-order valence-electron chi connectivity index (χ2n) is 2.77. The van der Waals surface area contributed by atoms with E-state index in [1.807, 2.05) is 0 Å². The van der Waals surface area contributed by atoms with Crippen LogP contribution in [0.4, 0.5) is 10.1 Å². The molecule has 0 aliphatic rings. The van der Waals surface area contributed by atoms with Crippen LogP contribution in [-0.2, 0) is 4.79 Å². The van der Waals surface area contributed by atoms with Crippen molar-refractivity contribution in [1.29, 1.82) is 0 Å². The molecule has 1 aromatic rings. The third-order valence-corrected chi connectivity index (χ3v) is 1.76. The van der Waals surface area contributed by atoms with Crippen LogP contribution in [0.15, 0.2) is 30.9 Å². The highest BCUT2D eigenvalue weighted by atomic mass is 19.1. The van der Waals surface area contributed by atoms with E-state index in [0.717, 1.165) is 12.1 Å². The molecule has 1 amide bonds. The number of benzene rings is 1. The Morgan fingerprint density at radius 3 is 2.73 bits per heavy atom. The summed E-state index contributed by atoms with van der Waals surface area (Å²) in [5.74, 6) is -1.36. The normalized spacial score (nSPS) is 9.53. The van der Waals surface area contributed by atoms with Crippen LogP contribution < -0.4 is 10.8 Å². The van der Waals surface area contributed by atoms with E-state index in [0.29, 0.717) is 0 Å². The molecular formula is C9H9BFNO3. The lowest BCUT2D eigenvalue weighted by Gasteiger charge is -2.09. The molecule has 0 atom stereocenters. The largest absolute Gasteiger partial charge is 0.490 e. The molecule has 1 aromatic carbocycles. The van der Waals surface area contributed by atoms with Crippen LogP contribution in [0.5, 0.6) is 0 Å². The molecule has 0 aliphatic heterocycles. The first-order chi connectivity index (χ1) is 7.06. The SMILES string of the molecule is C=CC(=O)Nc1c(F)cccc1B(O)O. The Morgan fingerprint density at radius 2 is 2.20 bits per heavy atom. The highest BCUT2D eigenvalue weighted by Crippen LogP contribution is 2.10. The Bertz CT molecular complexity index is 395. The molecule has 4 nitrogen and oxygen atoms in total. The quantitative estimate of drug-likeness (QED) is 0.469. The van der Waals surface area contributed by atoms with Crippen LogP contribution in [0, 0.1) is 5.82 Å². The molecule has 1 rings (SSSR count). The molecule has 0 radical (unpaired) electrons. The van der Waals surface area contributed by atoms with Crippen molar-refractivity contribution in [3.63, 3.8) is 0 Å². The topological polar surface area (TPSA) is 69.6 Å². The van der Waals surface area contributed by atoms with Gasteiger partial charge in [0.05, 0.1) is 5.69 Å². The summed E-state index contributed by atoms with van der Waals surface area (Å²) in [5.41, 5.74) is -0.359. The van der Waals surface area contributed by atoms with Crippen LogP contribution in [0.1, 0.15) is 0 Å². The standard InChI is InChI=1S/C9H9BFNO3/c1-2-8(13)12-9-6(10(14)15)4-3-5-7(9)11/h2-5,14-15H,1H2,(H,12,13). The molecule has 3 N–H and O–H groups in total. The fourth-order valence-corrected chi connectivity index (χ4v) is 1.06. The zero-order valence-electron chi connectivity index (χ0n) is 7.77. The van der Waals surface area contributed by atoms with Gasteiger partial charge in [0.25, 0.3) is 0 Å². The number of anilines is 1. The van der Waals surface area contributed by atoms with E-state index in [9.17, 15) is 9.18 Å². The Hall–Kier alpha value is -1.66. The Balaban J connectivity index is 3.12. The molecule has 6 heteroatoms. The van der Waals surface area contributed by atoms with Gasteiger partial charge in [-0.2, -0.15) is 0 Å². The Morgan fingerprint density at radius 1 is 1.53 bits per heavy atom. The zero-order chi connectivity index (χ0) is 11.4. The lowest BCUT2D eigenvalue weighted by atomic mass is 9.79. The van der Waals surface area contributed by atoms with Gasteiger partial charge in [-0.25, -0.2) is 4.39 Å². The van der Waals surface area contributed by atoms with Crippen molar-refractivity contribution in [2.45, 2.75) is 0 Å². The van der Waals surface area contributed by atoms with Crippen molar-refractivity contribution < 1.29 is 19.2 Å². The number of amides is 1. The molecule has 78 valence electrons. The summed E-state index contributed by atoms with van der Waals surface area (Å²) in [6, 6.07) is 3.71. The molecule has 0 unspecified atom stereocenters. The maximum absolute atomic E-state index is 13.2. The lowest BCUT2D eigenvalue weighted by molar-refractivity contribution is -0.111. The maximum atomic E-state index is 13.2. The predicted molar refractivity (Wildman–Crippen MR) is 55.1 cm³/mol. The van der Waals surface area contributed by atoms with E-state index >= 15 is 0 Å². The van der Waals surface area contributed by atoms with Crippen LogP contribution >= 0.6 is 0 Å². The number of para-hydroxylation sites is 1. The van der Waals surface area contributed by atoms with E-state index < -0.39 is 18.8 Å². The number of nitrogens with one attached hydrogen (secondary N) is 1. The number of hydrogen-bond donors (Lipinski definition) is 3. The summed E-state index contributed by atoms with van der Waals surface area (Å²) in [6.07, 6.45) is 0.958. The van der Waals surface area contributed by atoms with Gasteiger partial charge >= 0.3 is 7.12 Å². The predicted octanol–water partition coefficient (Wildman–Crippen LogP) is -0.370. The second kappa shape index (κ2) is 4.72. The highest BCUT2D eigenvalue weighted by molar-refractivity contribution is 6.60. The van der Waals surface area contributed by atoms with Crippen LogP contribution in [0.2, 0.25) is 0 Å². The molecule has 0 aliphatic carbocycles. The van der Waals surface area contributed by atoms with Crippen molar-refractivity contribution in [3.8, 4) is 0 Å². The van der Waals surface area contributed by atoms with E-state index in [2.05, 4.69) is 11.9 Å². The lowest BCUT2D eigenvalue weighted by Crippen LogP contribution is -2.34. The summed E-state index contributed by atoms with van der Waals surface area (Å²) in [4.78, 5) is 10.9. The number of carbonyl (C=O) groups excluding carboxylic acids is 1. The van der Waals surface area contributed by atoms with Crippen molar-refractivity contribution >= 4 is 24.2 Å². The average Bonchev–Trinajstić information content (AvgIpc) is 2.20. The molecule has 0 aromatic heterocycles. The molecular weight excluding hydrogens is 200 g/mol. The van der Waals surface area contributed by atoms with Crippen LogP contribution in [0.3, 0.4) is 0 Å². The van der Waals surface area contributed by atoms with Crippen molar-refractivity contribution in [2.24, 2.45) is 0 Å². The molecule has 0 spiro atoms. The molecule has 0 heterocycles. The minimum absolute atomic E-state index is 0.106. The summed E-state index contributed by atoms with van der Waals surface area (Å²) in [5, 5.41) is 20.0. The second-order valence-corrected chi connectivity index (χ2v) is 2.77. The first-order valence-corrected chi connectivity index (χ1v) is 4.14. The summed E-state index contributed by atoms with van der Waals surface area (Å²) < 4.78 is 13.2. The van der Waals surface area contributed by atoms with Gasteiger partial charge in [-0.15, -0.1) is 0 Å². The summed E-state index contributed by atoms with van der Waals surface area (Å²) in [7, 11) is -1.85. The summed E-state index contributed by atoms with van der Waals surface area (Å²) >= 11 is 0. The van der Waals surface area contributed by atoms with Gasteiger partial charge in [-0.1, -0.05) is 18.7 Å².